The van der Waals surface area contributed by atoms with Crippen LogP contribution in [0.3, 0.4) is 0 Å². The minimum absolute atomic E-state index is 0.500. The minimum atomic E-state index is 0.500. The third-order valence-electron chi connectivity index (χ3n) is 3.84. The standard InChI is InChI=1S/C19H19N3O3S/c1-23-16-10-18(25-3)17(24-2)9-14(16)11-20-22-12-15(21-19(22)26)13-7-5-4-6-8-13/h4-12H,1-3H3,(H,21,26)/b20-11-. The quantitative estimate of drug-likeness (QED) is 0.524. The van der Waals surface area contributed by atoms with Crippen LogP contribution in [0.25, 0.3) is 11.3 Å². The molecular formula is C19H19N3O3S. The molecule has 0 spiro atoms. The Hall–Kier alpha value is -3.06. The summed E-state index contributed by atoms with van der Waals surface area (Å²) in [6.07, 6.45) is 3.51. The van der Waals surface area contributed by atoms with Crippen molar-refractivity contribution in [1.82, 2.24) is 9.66 Å². The van der Waals surface area contributed by atoms with Crippen LogP contribution >= 0.6 is 12.2 Å². The van der Waals surface area contributed by atoms with Crippen LogP contribution in [0.4, 0.5) is 0 Å². The maximum absolute atomic E-state index is 5.41. The van der Waals surface area contributed by atoms with Gasteiger partial charge in [-0.15, -0.1) is 0 Å². The number of aromatic nitrogens is 2. The van der Waals surface area contributed by atoms with Gasteiger partial charge < -0.3 is 19.2 Å². The highest BCUT2D eigenvalue weighted by atomic mass is 32.1. The highest BCUT2D eigenvalue weighted by molar-refractivity contribution is 7.71. The Bertz CT molecular complexity index is 977. The van der Waals surface area contributed by atoms with E-state index in [1.807, 2.05) is 36.5 Å². The summed E-state index contributed by atoms with van der Waals surface area (Å²) >= 11 is 5.36. The Kier molecular flexibility index (Phi) is 5.38. The summed E-state index contributed by atoms with van der Waals surface area (Å²) in [5, 5.41) is 4.44. The molecule has 26 heavy (non-hydrogen) atoms. The molecule has 1 aromatic heterocycles. The van der Waals surface area contributed by atoms with Gasteiger partial charge in [-0.3, -0.25) is 0 Å². The van der Waals surface area contributed by atoms with E-state index in [0.717, 1.165) is 16.8 Å². The predicted molar refractivity (Wildman–Crippen MR) is 104 cm³/mol. The molecule has 0 radical (unpaired) electrons. The number of imidazole rings is 1. The van der Waals surface area contributed by atoms with Gasteiger partial charge in [0.15, 0.2) is 16.3 Å². The average molecular weight is 369 g/mol. The predicted octanol–water partition coefficient (Wildman–Crippen LogP) is 4.12. The van der Waals surface area contributed by atoms with Gasteiger partial charge in [-0.05, 0) is 23.8 Å². The van der Waals surface area contributed by atoms with E-state index in [1.54, 1.807) is 44.4 Å². The van der Waals surface area contributed by atoms with E-state index in [0.29, 0.717) is 22.0 Å². The lowest BCUT2D eigenvalue weighted by Gasteiger charge is -2.11. The van der Waals surface area contributed by atoms with Crippen molar-refractivity contribution in [3.63, 3.8) is 0 Å². The molecule has 0 aliphatic rings. The molecule has 7 heteroatoms. The highest BCUT2D eigenvalue weighted by Crippen LogP contribution is 2.33. The topological polar surface area (TPSA) is 60.8 Å². The van der Waals surface area contributed by atoms with E-state index >= 15 is 0 Å². The molecule has 0 saturated heterocycles. The second-order valence-electron chi connectivity index (χ2n) is 5.38. The average Bonchev–Trinajstić information content (AvgIpc) is 3.07. The van der Waals surface area contributed by atoms with Crippen LogP contribution in [0.2, 0.25) is 0 Å². The number of nitrogens with one attached hydrogen (secondary N) is 1. The lowest BCUT2D eigenvalue weighted by Crippen LogP contribution is -1.97. The smallest absolute Gasteiger partial charge is 0.198 e. The lowest BCUT2D eigenvalue weighted by molar-refractivity contribution is 0.349. The van der Waals surface area contributed by atoms with Gasteiger partial charge >= 0.3 is 0 Å². The Morgan fingerprint density at radius 3 is 2.27 bits per heavy atom. The van der Waals surface area contributed by atoms with Gasteiger partial charge in [-0.2, -0.15) is 5.10 Å². The molecule has 134 valence electrons. The van der Waals surface area contributed by atoms with Crippen molar-refractivity contribution >= 4 is 18.4 Å². The summed E-state index contributed by atoms with van der Waals surface area (Å²) < 4.78 is 18.1. The van der Waals surface area contributed by atoms with E-state index in [9.17, 15) is 0 Å². The molecule has 2 aromatic carbocycles. The van der Waals surface area contributed by atoms with Crippen LogP contribution in [0.5, 0.6) is 17.2 Å². The van der Waals surface area contributed by atoms with Gasteiger partial charge in [0.1, 0.15) is 5.75 Å². The first-order chi connectivity index (χ1) is 12.7. The Labute approximate surface area is 156 Å². The van der Waals surface area contributed by atoms with Crippen molar-refractivity contribution in [3.8, 4) is 28.5 Å². The number of rotatable bonds is 6. The van der Waals surface area contributed by atoms with Crippen molar-refractivity contribution in [2.45, 2.75) is 0 Å². The zero-order valence-electron chi connectivity index (χ0n) is 14.7. The highest BCUT2D eigenvalue weighted by Gasteiger charge is 2.10. The number of aromatic amines is 1. The largest absolute Gasteiger partial charge is 0.496 e. The molecule has 6 nitrogen and oxygen atoms in total. The van der Waals surface area contributed by atoms with Gasteiger partial charge in [0, 0.05) is 11.6 Å². The Morgan fingerprint density at radius 2 is 1.62 bits per heavy atom. The number of benzene rings is 2. The normalized spacial score (nSPS) is 10.9. The molecule has 0 aliphatic carbocycles. The molecule has 1 N–H and O–H groups in total. The number of hydrogen-bond donors (Lipinski definition) is 1. The summed E-state index contributed by atoms with van der Waals surface area (Å²) in [6.45, 7) is 0. The summed E-state index contributed by atoms with van der Waals surface area (Å²) in [4.78, 5) is 3.15. The number of hydrogen-bond acceptors (Lipinski definition) is 5. The van der Waals surface area contributed by atoms with Gasteiger partial charge in [0.05, 0.1) is 39.4 Å². The van der Waals surface area contributed by atoms with Crippen molar-refractivity contribution in [3.05, 3.63) is 59.0 Å². The van der Waals surface area contributed by atoms with Gasteiger partial charge in [0.2, 0.25) is 0 Å². The maximum Gasteiger partial charge on any atom is 0.198 e. The Morgan fingerprint density at radius 1 is 0.962 bits per heavy atom. The monoisotopic (exact) mass is 369 g/mol. The molecule has 0 unspecified atom stereocenters. The first-order valence-electron chi connectivity index (χ1n) is 7.87. The number of nitrogens with zero attached hydrogens (tertiary/aromatic N) is 2. The van der Waals surface area contributed by atoms with Crippen LogP contribution in [0.15, 0.2) is 53.8 Å². The molecule has 0 bridgehead atoms. The van der Waals surface area contributed by atoms with Crippen molar-refractivity contribution in [2.75, 3.05) is 21.3 Å². The molecule has 3 aromatic rings. The van der Waals surface area contributed by atoms with E-state index < -0.39 is 0 Å². The lowest BCUT2D eigenvalue weighted by atomic mass is 10.2. The fourth-order valence-corrected chi connectivity index (χ4v) is 2.72. The van der Waals surface area contributed by atoms with Crippen LogP contribution in [0, 0.1) is 4.77 Å². The SMILES string of the molecule is COc1cc(OC)c(OC)cc1/C=N\n1cc(-c2ccccc2)[nH]c1=S. The van der Waals surface area contributed by atoms with E-state index in [4.69, 9.17) is 26.4 Å². The Balaban J connectivity index is 1.96. The summed E-state index contributed by atoms with van der Waals surface area (Å²) in [7, 11) is 4.75. The molecular weight excluding hydrogens is 350 g/mol. The molecule has 1 heterocycles. The van der Waals surface area contributed by atoms with Crippen LogP contribution in [-0.2, 0) is 0 Å². The van der Waals surface area contributed by atoms with Crippen molar-refractivity contribution in [1.29, 1.82) is 0 Å². The van der Waals surface area contributed by atoms with Crippen LogP contribution < -0.4 is 14.2 Å². The fraction of sp³-hybridized carbons (Fsp3) is 0.158. The fourth-order valence-electron chi connectivity index (χ4n) is 2.51. The zero-order chi connectivity index (χ0) is 18.5. The first kappa shape index (κ1) is 17.8. The molecule has 0 fully saturated rings. The number of methoxy groups -OCH3 is 3. The third-order valence-corrected chi connectivity index (χ3v) is 4.13. The first-order valence-corrected chi connectivity index (χ1v) is 8.28. The minimum Gasteiger partial charge on any atom is -0.496 e. The van der Waals surface area contributed by atoms with Crippen molar-refractivity contribution < 1.29 is 14.2 Å². The van der Waals surface area contributed by atoms with Gasteiger partial charge in [-0.25, -0.2) is 4.68 Å². The van der Waals surface area contributed by atoms with Crippen LogP contribution in [0.1, 0.15) is 5.56 Å². The van der Waals surface area contributed by atoms with Gasteiger partial charge in [-0.1, -0.05) is 30.3 Å². The summed E-state index contributed by atoms with van der Waals surface area (Å²) in [5.41, 5.74) is 2.68. The number of ether oxygens (including phenoxy) is 3. The third kappa shape index (κ3) is 3.62. The zero-order valence-corrected chi connectivity index (χ0v) is 15.5. The van der Waals surface area contributed by atoms with E-state index in [1.165, 1.54) is 0 Å². The second kappa shape index (κ2) is 7.88. The van der Waals surface area contributed by atoms with Crippen molar-refractivity contribution in [2.24, 2.45) is 5.10 Å². The van der Waals surface area contributed by atoms with E-state index in [2.05, 4.69) is 10.1 Å². The molecule has 0 atom stereocenters. The molecule has 0 amide bonds. The summed E-state index contributed by atoms with van der Waals surface area (Å²) in [6, 6.07) is 13.5. The summed E-state index contributed by atoms with van der Waals surface area (Å²) in [5.74, 6) is 1.81. The van der Waals surface area contributed by atoms with E-state index in [-0.39, 0.29) is 0 Å². The van der Waals surface area contributed by atoms with Crippen LogP contribution in [-0.4, -0.2) is 37.2 Å². The molecule has 3 rings (SSSR count). The van der Waals surface area contributed by atoms with Gasteiger partial charge in [0.25, 0.3) is 0 Å². The number of H-pyrrole nitrogens is 1. The second-order valence-corrected chi connectivity index (χ2v) is 5.76. The molecule has 0 saturated carbocycles. The molecule has 0 aliphatic heterocycles. The maximum atomic E-state index is 5.41.